The molecule has 0 aromatic rings. The number of aliphatic hydroxyl groups excluding tert-OH is 5. The lowest BCUT2D eigenvalue weighted by Crippen LogP contribution is -2.67. The van der Waals surface area contributed by atoms with Gasteiger partial charge in [-0.2, -0.15) is 0 Å². The second-order valence-corrected chi connectivity index (χ2v) is 17.5. The van der Waals surface area contributed by atoms with E-state index < -0.39 is 30.5 Å². The Morgan fingerprint density at radius 1 is 0.738 bits per heavy atom. The predicted molar refractivity (Wildman–Crippen MR) is 163 cm³/mol. The molecule has 0 aromatic carbocycles. The fraction of sp³-hybridized carbons (Fsp3) is 0.944. The summed E-state index contributed by atoms with van der Waals surface area (Å²) in [6, 6.07) is 0. The topological polar surface area (TPSA) is 110 Å². The molecule has 6 heteroatoms. The smallest absolute Gasteiger partial charge is 0.111 e. The van der Waals surface area contributed by atoms with Crippen molar-refractivity contribution in [2.75, 3.05) is 6.61 Å². The maximum Gasteiger partial charge on any atom is 0.111 e. The summed E-state index contributed by atoms with van der Waals surface area (Å²) in [6.07, 6.45) is 6.54. The minimum Gasteiger partial charge on any atom is -0.394 e. The van der Waals surface area contributed by atoms with Crippen molar-refractivity contribution >= 4 is 0 Å². The van der Waals surface area contributed by atoms with Gasteiger partial charge < -0.3 is 30.3 Å². The number of fused-ring (bicyclic) bond motifs is 7. The van der Waals surface area contributed by atoms with E-state index in [1.165, 1.54) is 31.3 Å². The standard InChI is InChI=1S/C36H60O6/c1-20(2)21-10-15-36(18-23-29(39)31(41)30(40)24(19-37)42-23)17-16-34(6)22(28(21)36)8-9-26-33(5)13-12-27(38)32(3,4)25(33)11-14-35(26,34)7/h21-31,37-41H,1,8-19H2,2-7H3/t21-,22?,23-,24?,25?,26?,27-,28?,29?,30+,31?,33-,34+,35+,36+/m0/s1. The quantitative estimate of drug-likeness (QED) is 0.288. The SMILES string of the molecule is C=C(C)[C@@H]1CC[C@]2(C[C@@H]3OC(CO)[C@@H](O)C(O)C3O)CC[C@]3(C)C(CCC4[C@@]5(C)CC[C@H](O)C(C)(C)C5CC[C@]43C)C12. The molecule has 1 saturated heterocycles. The van der Waals surface area contributed by atoms with E-state index >= 15 is 0 Å². The van der Waals surface area contributed by atoms with Crippen molar-refractivity contribution in [1.82, 2.24) is 0 Å². The summed E-state index contributed by atoms with van der Waals surface area (Å²) in [5.74, 6) is 2.66. The third-order valence-corrected chi connectivity index (χ3v) is 15.8. The van der Waals surface area contributed by atoms with Crippen LogP contribution in [0.2, 0.25) is 0 Å². The van der Waals surface area contributed by atoms with Gasteiger partial charge in [0.1, 0.15) is 24.4 Å². The average Bonchev–Trinajstić information content (AvgIpc) is 3.31. The van der Waals surface area contributed by atoms with Crippen molar-refractivity contribution in [2.45, 2.75) is 149 Å². The van der Waals surface area contributed by atoms with Crippen molar-refractivity contribution in [3.63, 3.8) is 0 Å². The molecule has 5 aliphatic carbocycles. The van der Waals surface area contributed by atoms with Crippen LogP contribution in [0, 0.1) is 56.7 Å². The Morgan fingerprint density at radius 2 is 1.43 bits per heavy atom. The highest BCUT2D eigenvalue weighted by Crippen LogP contribution is 2.78. The van der Waals surface area contributed by atoms with Crippen LogP contribution < -0.4 is 0 Å². The first-order valence-electron chi connectivity index (χ1n) is 17.2. The van der Waals surface area contributed by atoms with Crippen molar-refractivity contribution in [3.8, 4) is 0 Å². The van der Waals surface area contributed by atoms with Gasteiger partial charge in [-0.1, -0.05) is 46.8 Å². The van der Waals surface area contributed by atoms with Crippen molar-refractivity contribution in [1.29, 1.82) is 0 Å². The molecule has 0 radical (unpaired) electrons. The van der Waals surface area contributed by atoms with Crippen LogP contribution in [0.1, 0.15) is 112 Å². The lowest BCUT2D eigenvalue weighted by molar-refractivity contribution is -0.259. The molecular formula is C36H60O6. The van der Waals surface area contributed by atoms with E-state index in [0.717, 1.165) is 38.5 Å². The summed E-state index contributed by atoms with van der Waals surface area (Å²) in [7, 11) is 0. The van der Waals surface area contributed by atoms with Gasteiger partial charge in [0.2, 0.25) is 0 Å². The maximum absolute atomic E-state index is 11.1. The van der Waals surface area contributed by atoms with E-state index in [2.05, 4.69) is 48.1 Å². The first kappa shape index (κ1) is 31.5. The van der Waals surface area contributed by atoms with Gasteiger partial charge in [-0.3, -0.25) is 0 Å². The Morgan fingerprint density at radius 3 is 2.10 bits per heavy atom. The largest absolute Gasteiger partial charge is 0.394 e. The molecule has 0 bridgehead atoms. The Kier molecular flexibility index (Phi) is 7.69. The fourth-order valence-corrected chi connectivity index (χ4v) is 13.4. The molecule has 42 heavy (non-hydrogen) atoms. The van der Waals surface area contributed by atoms with E-state index in [0.29, 0.717) is 36.0 Å². The number of rotatable bonds is 4. The van der Waals surface area contributed by atoms with Crippen molar-refractivity contribution in [2.24, 2.45) is 56.7 Å². The zero-order valence-electron chi connectivity index (χ0n) is 27.2. The zero-order valence-corrected chi connectivity index (χ0v) is 27.2. The van der Waals surface area contributed by atoms with Crippen LogP contribution in [0.3, 0.4) is 0 Å². The third kappa shape index (κ3) is 4.10. The molecule has 1 aliphatic heterocycles. The Bertz CT molecular complexity index is 1060. The van der Waals surface area contributed by atoms with Crippen LogP contribution in [0.15, 0.2) is 12.2 Å². The summed E-state index contributed by atoms with van der Waals surface area (Å²) in [5.41, 5.74) is 1.89. The van der Waals surface area contributed by atoms with E-state index in [1.807, 2.05) is 0 Å². The van der Waals surface area contributed by atoms with Gasteiger partial charge in [0.15, 0.2) is 0 Å². The number of aliphatic hydroxyl groups is 5. The molecule has 5 saturated carbocycles. The molecule has 15 atom stereocenters. The summed E-state index contributed by atoms with van der Waals surface area (Å²) < 4.78 is 6.15. The Labute approximate surface area is 254 Å². The predicted octanol–water partition coefficient (Wildman–Crippen LogP) is 5.24. The highest BCUT2D eigenvalue weighted by molar-refractivity contribution is 5.22. The minimum atomic E-state index is -1.31. The normalized spacial score (nSPS) is 57.0. The maximum atomic E-state index is 11.1. The molecular weight excluding hydrogens is 528 g/mol. The number of hydrogen-bond donors (Lipinski definition) is 5. The van der Waals surface area contributed by atoms with E-state index in [-0.39, 0.29) is 39.8 Å². The first-order valence-corrected chi connectivity index (χ1v) is 17.2. The van der Waals surface area contributed by atoms with Gasteiger partial charge >= 0.3 is 0 Å². The van der Waals surface area contributed by atoms with Crippen LogP contribution in [-0.2, 0) is 4.74 Å². The van der Waals surface area contributed by atoms with Crippen molar-refractivity contribution in [3.05, 3.63) is 12.2 Å². The second-order valence-electron chi connectivity index (χ2n) is 17.5. The molecule has 6 fully saturated rings. The average molecular weight is 589 g/mol. The molecule has 0 aromatic heterocycles. The molecule has 6 nitrogen and oxygen atoms in total. The van der Waals surface area contributed by atoms with Crippen LogP contribution in [0.4, 0.5) is 0 Å². The van der Waals surface area contributed by atoms with Gasteiger partial charge in [-0.15, -0.1) is 0 Å². The molecule has 0 spiro atoms. The van der Waals surface area contributed by atoms with Gasteiger partial charge in [-0.05, 0) is 134 Å². The van der Waals surface area contributed by atoms with Crippen LogP contribution in [0.5, 0.6) is 0 Å². The van der Waals surface area contributed by atoms with Crippen LogP contribution in [0.25, 0.3) is 0 Å². The third-order valence-electron chi connectivity index (χ3n) is 15.8. The van der Waals surface area contributed by atoms with E-state index in [4.69, 9.17) is 4.74 Å². The Hall–Kier alpha value is -0.500. The molecule has 6 aliphatic rings. The summed E-state index contributed by atoms with van der Waals surface area (Å²) >= 11 is 0. The van der Waals surface area contributed by atoms with Crippen LogP contribution >= 0.6 is 0 Å². The van der Waals surface area contributed by atoms with E-state index in [9.17, 15) is 25.5 Å². The zero-order chi connectivity index (χ0) is 30.6. The molecule has 7 unspecified atom stereocenters. The summed E-state index contributed by atoms with van der Waals surface area (Å²) in [4.78, 5) is 0. The molecule has 6 rings (SSSR count). The monoisotopic (exact) mass is 588 g/mol. The van der Waals surface area contributed by atoms with Gasteiger partial charge in [0.05, 0.1) is 18.8 Å². The number of ether oxygens (including phenoxy) is 1. The molecule has 1 heterocycles. The lowest BCUT2D eigenvalue weighted by atomic mass is 9.32. The number of hydrogen-bond acceptors (Lipinski definition) is 6. The van der Waals surface area contributed by atoms with Crippen LogP contribution in [-0.4, -0.2) is 68.8 Å². The highest BCUT2D eigenvalue weighted by Gasteiger charge is 2.71. The van der Waals surface area contributed by atoms with Gasteiger partial charge in [-0.25, -0.2) is 0 Å². The Balaban J connectivity index is 1.34. The minimum absolute atomic E-state index is 0.0112. The molecule has 240 valence electrons. The summed E-state index contributed by atoms with van der Waals surface area (Å²) in [5, 5.41) is 53.0. The van der Waals surface area contributed by atoms with Gasteiger partial charge in [0.25, 0.3) is 0 Å². The second kappa shape index (κ2) is 10.3. The molecule has 0 amide bonds. The first-order chi connectivity index (χ1) is 19.6. The van der Waals surface area contributed by atoms with E-state index in [1.54, 1.807) is 0 Å². The highest BCUT2D eigenvalue weighted by atomic mass is 16.5. The molecule has 5 N–H and O–H groups in total. The summed E-state index contributed by atoms with van der Waals surface area (Å²) in [6.45, 7) is 18.8. The van der Waals surface area contributed by atoms with Gasteiger partial charge in [0, 0.05) is 0 Å². The number of allylic oxidation sites excluding steroid dienone is 1. The lowest BCUT2D eigenvalue weighted by Gasteiger charge is -2.73. The van der Waals surface area contributed by atoms with Crippen molar-refractivity contribution < 1.29 is 30.3 Å². The fourth-order valence-electron chi connectivity index (χ4n) is 13.4.